The Kier molecular flexibility index (Phi) is 8.14. The molecule has 188 valence electrons. The lowest BCUT2D eigenvalue weighted by Gasteiger charge is -2.36. The van der Waals surface area contributed by atoms with Crippen LogP contribution in [0.15, 0.2) is 48.7 Å². The number of carboxylic acids is 1. The summed E-state index contributed by atoms with van der Waals surface area (Å²) in [4.78, 5) is 18.3. The lowest BCUT2D eigenvalue weighted by atomic mass is 9.81. The van der Waals surface area contributed by atoms with Crippen LogP contribution in [-0.2, 0) is 4.79 Å². The van der Waals surface area contributed by atoms with Crippen LogP contribution in [-0.4, -0.2) is 52.8 Å². The van der Waals surface area contributed by atoms with Gasteiger partial charge in [-0.3, -0.25) is 14.7 Å². The number of ether oxygens (including phenoxy) is 1. The molecule has 6 nitrogen and oxygen atoms in total. The molecule has 0 amide bonds. The third-order valence-electron chi connectivity index (χ3n) is 6.79. The molecule has 1 saturated heterocycles. The molecule has 2 heterocycles. The van der Waals surface area contributed by atoms with E-state index in [1.807, 2.05) is 23.1 Å². The lowest BCUT2D eigenvalue weighted by Crippen LogP contribution is -2.44. The zero-order valence-corrected chi connectivity index (χ0v) is 20.0. The highest BCUT2D eigenvalue weighted by Crippen LogP contribution is 2.33. The van der Waals surface area contributed by atoms with E-state index in [4.69, 9.17) is 4.74 Å². The number of aliphatic hydroxyl groups is 1. The predicted octanol–water partition coefficient (Wildman–Crippen LogP) is 4.41. The van der Waals surface area contributed by atoms with E-state index in [0.29, 0.717) is 38.1 Å². The minimum atomic E-state index is -0.980. The molecule has 1 aliphatic heterocycles. The van der Waals surface area contributed by atoms with Gasteiger partial charge in [0.15, 0.2) is 11.6 Å². The summed E-state index contributed by atoms with van der Waals surface area (Å²) in [6, 6.07) is 11.1. The predicted molar refractivity (Wildman–Crippen MR) is 131 cm³/mol. The van der Waals surface area contributed by atoms with Gasteiger partial charge < -0.3 is 14.9 Å². The van der Waals surface area contributed by atoms with Crippen molar-refractivity contribution in [3.8, 4) is 17.6 Å². The fourth-order valence-corrected chi connectivity index (χ4v) is 4.78. The van der Waals surface area contributed by atoms with Crippen LogP contribution in [0.25, 0.3) is 10.9 Å². The minimum Gasteiger partial charge on any atom is -0.497 e. The smallest absolute Gasteiger partial charge is 0.308 e. The molecule has 1 aliphatic rings. The number of aliphatic carboxylic acids is 1. The van der Waals surface area contributed by atoms with E-state index in [2.05, 4.69) is 16.8 Å². The normalized spacial score (nSPS) is 18.9. The molecule has 1 aromatic heterocycles. The van der Waals surface area contributed by atoms with Gasteiger partial charge in [-0.15, -0.1) is 0 Å². The van der Waals surface area contributed by atoms with Crippen molar-refractivity contribution >= 4 is 16.9 Å². The molecule has 2 aromatic carbocycles. The van der Waals surface area contributed by atoms with Crippen molar-refractivity contribution in [2.75, 3.05) is 26.7 Å². The van der Waals surface area contributed by atoms with Crippen molar-refractivity contribution in [2.45, 2.75) is 25.4 Å². The summed E-state index contributed by atoms with van der Waals surface area (Å²) in [7, 11) is 1.58. The molecule has 2 N–H and O–H groups in total. The quantitative estimate of drug-likeness (QED) is 0.474. The molecule has 0 bridgehead atoms. The molecule has 0 aliphatic carbocycles. The van der Waals surface area contributed by atoms with E-state index in [1.54, 1.807) is 19.4 Å². The van der Waals surface area contributed by atoms with E-state index in [0.717, 1.165) is 22.5 Å². The molecule has 3 atom stereocenters. The summed E-state index contributed by atoms with van der Waals surface area (Å²) >= 11 is 0. The Hall–Kier alpha value is -3.54. The average molecular weight is 495 g/mol. The summed E-state index contributed by atoms with van der Waals surface area (Å²) < 4.78 is 32.4. The monoisotopic (exact) mass is 494 g/mol. The van der Waals surface area contributed by atoms with E-state index in [-0.39, 0.29) is 18.0 Å². The number of rotatable bonds is 7. The minimum absolute atomic E-state index is 0.0186. The molecule has 3 aromatic rings. The number of methoxy groups -OCH3 is 1. The third kappa shape index (κ3) is 5.81. The first-order valence-electron chi connectivity index (χ1n) is 11.9. The molecule has 0 saturated carbocycles. The highest BCUT2D eigenvalue weighted by molar-refractivity contribution is 5.83. The first kappa shape index (κ1) is 25.5. The van der Waals surface area contributed by atoms with Crippen LogP contribution in [0, 0.1) is 35.3 Å². The molecule has 0 radical (unpaired) electrons. The fourth-order valence-electron chi connectivity index (χ4n) is 4.78. The number of hydrogen-bond donors (Lipinski definition) is 2. The summed E-state index contributed by atoms with van der Waals surface area (Å²) in [5, 5.41) is 21.6. The van der Waals surface area contributed by atoms with Crippen molar-refractivity contribution in [2.24, 2.45) is 11.8 Å². The molecule has 1 unspecified atom stereocenters. The van der Waals surface area contributed by atoms with Crippen LogP contribution in [0.1, 0.15) is 36.5 Å². The first-order valence-corrected chi connectivity index (χ1v) is 11.9. The Labute approximate surface area is 208 Å². The molecule has 8 heteroatoms. The van der Waals surface area contributed by atoms with Crippen LogP contribution in [0.2, 0.25) is 0 Å². The molecular formula is C28H28F2N2O4. The van der Waals surface area contributed by atoms with Crippen molar-refractivity contribution < 1.29 is 28.5 Å². The van der Waals surface area contributed by atoms with Gasteiger partial charge in [0.05, 0.1) is 36.8 Å². The number of fused-ring (bicyclic) bond motifs is 1. The van der Waals surface area contributed by atoms with E-state index in [1.165, 1.54) is 12.1 Å². The Bertz CT molecular complexity index is 1300. The second-order valence-corrected chi connectivity index (χ2v) is 9.01. The Morgan fingerprint density at radius 2 is 2.11 bits per heavy atom. The molecule has 0 spiro atoms. The van der Waals surface area contributed by atoms with Gasteiger partial charge in [0, 0.05) is 18.1 Å². The average Bonchev–Trinajstić information content (AvgIpc) is 2.89. The molecule has 1 fully saturated rings. The molecular weight excluding hydrogens is 466 g/mol. The first-order chi connectivity index (χ1) is 17.4. The standard InChI is InChI=1S/C28H28F2N2O4/c1-36-20-8-9-25-22(16-20)21(11-13-31-25)26(33)10-7-18-12-15-32(17-23(18)28(34)35)14-3-5-19-4-2-6-24(29)27(19)30/h2,4,6,8-9,11,13,16,18,23,26,33H,7,10,12,14-15,17H2,1H3,(H,34,35)/t18-,23+,26?/m1/s1. The van der Waals surface area contributed by atoms with Gasteiger partial charge in [0.25, 0.3) is 0 Å². The largest absolute Gasteiger partial charge is 0.497 e. The van der Waals surface area contributed by atoms with Gasteiger partial charge in [-0.05, 0) is 73.7 Å². The number of hydrogen-bond acceptors (Lipinski definition) is 5. The number of carbonyl (C=O) groups is 1. The van der Waals surface area contributed by atoms with Crippen molar-refractivity contribution in [1.82, 2.24) is 9.88 Å². The number of benzene rings is 2. The van der Waals surface area contributed by atoms with Gasteiger partial charge in [0.1, 0.15) is 5.75 Å². The number of aromatic nitrogens is 1. The van der Waals surface area contributed by atoms with Gasteiger partial charge in [0.2, 0.25) is 0 Å². The maximum atomic E-state index is 13.8. The number of piperidine rings is 1. The third-order valence-corrected chi connectivity index (χ3v) is 6.79. The van der Waals surface area contributed by atoms with Gasteiger partial charge in [-0.1, -0.05) is 17.9 Å². The van der Waals surface area contributed by atoms with Gasteiger partial charge in [-0.2, -0.15) is 0 Å². The summed E-state index contributed by atoms with van der Waals surface area (Å²) in [6.45, 7) is 1.21. The second-order valence-electron chi connectivity index (χ2n) is 9.01. The fraction of sp³-hybridized carbons (Fsp3) is 0.357. The topological polar surface area (TPSA) is 82.9 Å². The highest BCUT2D eigenvalue weighted by atomic mass is 19.2. The zero-order chi connectivity index (χ0) is 25.7. The van der Waals surface area contributed by atoms with E-state index < -0.39 is 29.6 Å². The number of halogens is 2. The number of likely N-dealkylation sites (tertiary alicyclic amines) is 1. The highest BCUT2D eigenvalue weighted by Gasteiger charge is 2.34. The van der Waals surface area contributed by atoms with E-state index in [9.17, 15) is 23.8 Å². The Morgan fingerprint density at radius 1 is 1.28 bits per heavy atom. The molecule has 4 rings (SSSR count). The number of carboxylic acid groups (broad SMARTS) is 1. The van der Waals surface area contributed by atoms with Gasteiger partial charge >= 0.3 is 5.97 Å². The second kappa shape index (κ2) is 11.5. The number of aliphatic hydroxyl groups excluding tert-OH is 1. The van der Waals surface area contributed by atoms with Crippen molar-refractivity contribution in [3.05, 3.63) is 71.4 Å². The number of nitrogens with zero attached hydrogens (tertiary/aromatic N) is 2. The Balaban J connectivity index is 1.38. The SMILES string of the molecule is COc1ccc2nccc(C(O)CC[C@@H]3CCN(CC#Cc4cccc(F)c4F)C[C@@H]3C(=O)O)c2c1. The maximum Gasteiger partial charge on any atom is 0.308 e. The number of pyridine rings is 1. The zero-order valence-electron chi connectivity index (χ0n) is 20.0. The van der Waals surface area contributed by atoms with Gasteiger partial charge in [-0.25, -0.2) is 8.78 Å². The van der Waals surface area contributed by atoms with Crippen LogP contribution in [0.4, 0.5) is 8.78 Å². The van der Waals surface area contributed by atoms with Crippen LogP contribution >= 0.6 is 0 Å². The molecule has 36 heavy (non-hydrogen) atoms. The summed E-state index contributed by atoms with van der Waals surface area (Å²) in [6.07, 6.45) is 2.51. The summed E-state index contributed by atoms with van der Waals surface area (Å²) in [5.74, 6) is 2.63. The van der Waals surface area contributed by atoms with Crippen LogP contribution in [0.3, 0.4) is 0 Å². The maximum absolute atomic E-state index is 13.8. The van der Waals surface area contributed by atoms with Crippen LogP contribution < -0.4 is 4.74 Å². The van der Waals surface area contributed by atoms with Crippen LogP contribution in [0.5, 0.6) is 5.75 Å². The lowest BCUT2D eigenvalue weighted by molar-refractivity contribution is -0.146. The Morgan fingerprint density at radius 3 is 2.89 bits per heavy atom. The van der Waals surface area contributed by atoms with E-state index >= 15 is 0 Å². The van der Waals surface area contributed by atoms with Crippen molar-refractivity contribution in [1.29, 1.82) is 0 Å². The van der Waals surface area contributed by atoms with Crippen molar-refractivity contribution in [3.63, 3.8) is 0 Å². The summed E-state index contributed by atoms with van der Waals surface area (Å²) in [5.41, 5.74) is 1.47.